The number of hydrogen-bond donors (Lipinski definition) is 0. The van der Waals surface area contributed by atoms with Gasteiger partial charge in [0.05, 0.1) is 0 Å². The van der Waals surface area contributed by atoms with Crippen molar-refractivity contribution in [1.82, 2.24) is 10.1 Å². The number of nitrogens with zero attached hydrogens (tertiary/aromatic N) is 2. The van der Waals surface area contributed by atoms with Gasteiger partial charge in [0.2, 0.25) is 5.89 Å². The monoisotopic (exact) mass is 168 g/mol. The summed E-state index contributed by atoms with van der Waals surface area (Å²) >= 11 is 0. The van der Waals surface area contributed by atoms with Crippen LogP contribution in [-0.4, -0.2) is 10.1 Å². The molecule has 1 heterocycles. The Balaban J connectivity index is 2.85. The van der Waals surface area contributed by atoms with Gasteiger partial charge in [-0.1, -0.05) is 32.9 Å². The van der Waals surface area contributed by atoms with Crippen molar-refractivity contribution in [3.63, 3.8) is 0 Å². The summed E-state index contributed by atoms with van der Waals surface area (Å²) < 4.78 is 5.09. The summed E-state index contributed by atoms with van der Waals surface area (Å²) in [5.41, 5.74) is 0.180. The third kappa shape index (κ3) is 1.84. The first-order valence-corrected chi connectivity index (χ1v) is 4.21. The first-order chi connectivity index (χ1) is 5.41. The topological polar surface area (TPSA) is 38.9 Å². The Hall–Kier alpha value is -0.860. The van der Waals surface area contributed by atoms with Crippen LogP contribution in [0, 0.1) is 12.3 Å². The Morgan fingerprint density at radius 3 is 2.25 bits per heavy atom. The van der Waals surface area contributed by atoms with E-state index in [-0.39, 0.29) is 5.41 Å². The summed E-state index contributed by atoms with van der Waals surface area (Å²) in [6.45, 7) is 10.4. The molecule has 1 aromatic rings. The third-order valence-electron chi connectivity index (χ3n) is 2.21. The average molecular weight is 168 g/mol. The first-order valence-electron chi connectivity index (χ1n) is 4.21. The molecular weight excluding hydrogens is 152 g/mol. The lowest BCUT2D eigenvalue weighted by Crippen LogP contribution is -2.15. The quantitative estimate of drug-likeness (QED) is 0.646. The van der Waals surface area contributed by atoms with E-state index in [1.54, 1.807) is 0 Å². The van der Waals surface area contributed by atoms with E-state index in [0.717, 1.165) is 5.89 Å². The van der Waals surface area contributed by atoms with E-state index in [0.29, 0.717) is 11.7 Å². The maximum atomic E-state index is 5.09. The molecule has 0 aliphatic rings. The minimum absolute atomic E-state index is 0.180. The number of aryl methyl sites for hydroxylation is 1. The van der Waals surface area contributed by atoms with Crippen LogP contribution in [0.15, 0.2) is 4.52 Å². The lowest BCUT2D eigenvalue weighted by Gasteiger charge is -2.23. The van der Waals surface area contributed by atoms with E-state index in [9.17, 15) is 0 Å². The van der Waals surface area contributed by atoms with Gasteiger partial charge in [-0.05, 0) is 12.3 Å². The zero-order valence-corrected chi connectivity index (χ0v) is 8.38. The molecule has 1 rings (SSSR count). The van der Waals surface area contributed by atoms with E-state index in [1.807, 2.05) is 6.92 Å². The largest absolute Gasteiger partial charge is 0.339 e. The molecule has 12 heavy (non-hydrogen) atoms. The smallest absolute Gasteiger partial charge is 0.229 e. The summed E-state index contributed by atoms with van der Waals surface area (Å²) in [6.07, 6.45) is 0. The van der Waals surface area contributed by atoms with E-state index >= 15 is 0 Å². The maximum Gasteiger partial charge on any atom is 0.229 e. The van der Waals surface area contributed by atoms with Crippen LogP contribution in [0.4, 0.5) is 0 Å². The lowest BCUT2D eigenvalue weighted by atomic mass is 9.82. The minimum atomic E-state index is 0.180. The second-order valence-electron chi connectivity index (χ2n) is 4.27. The molecule has 0 bridgehead atoms. The Kier molecular flexibility index (Phi) is 2.22. The summed E-state index contributed by atoms with van der Waals surface area (Å²) in [5.74, 6) is 1.75. The molecule has 1 aromatic heterocycles. The molecule has 0 aromatic carbocycles. The van der Waals surface area contributed by atoms with Crippen LogP contribution in [0.1, 0.15) is 45.3 Å². The second kappa shape index (κ2) is 2.88. The highest BCUT2D eigenvalue weighted by atomic mass is 16.5. The predicted molar refractivity (Wildman–Crippen MR) is 46.9 cm³/mol. The molecule has 0 saturated carbocycles. The number of aromatic nitrogens is 2. The molecule has 0 amide bonds. The summed E-state index contributed by atoms with van der Waals surface area (Å²) in [7, 11) is 0. The van der Waals surface area contributed by atoms with Gasteiger partial charge in [0, 0.05) is 5.92 Å². The molecule has 0 aliphatic heterocycles. The van der Waals surface area contributed by atoms with E-state index < -0.39 is 0 Å². The van der Waals surface area contributed by atoms with Gasteiger partial charge in [-0.25, -0.2) is 0 Å². The fourth-order valence-electron chi connectivity index (χ4n) is 0.859. The maximum absolute atomic E-state index is 5.09. The van der Waals surface area contributed by atoms with Crippen molar-refractivity contribution in [2.24, 2.45) is 5.41 Å². The highest BCUT2D eigenvalue weighted by molar-refractivity contribution is 4.95. The first kappa shape index (κ1) is 9.23. The zero-order chi connectivity index (χ0) is 9.35. The van der Waals surface area contributed by atoms with Crippen LogP contribution in [0.5, 0.6) is 0 Å². The van der Waals surface area contributed by atoms with Crippen LogP contribution in [0.2, 0.25) is 0 Å². The van der Waals surface area contributed by atoms with Gasteiger partial charge in [0.1, 0.15) is 0 Å². The van der Waals surface area contributed by atoms with Crippen LogP contribution in [0.3, 0.4) is 0 Å². The Bertz CT molecular complexity index is 260. The standard InChI is InChI=1S/C9H16N2O/c1-6(9(3,4)5)8-10-7(2)11-12-8/h6H,1-5H3. The summed E-state index contributed by atoms with van der Waals surface area (Å²) in [5, 5.41) is 3.77. The van der Waals surface area contributed by atoms with Gasteiger partial charge >= 0.3 is 0 Å². The zero-order valence-electron chi connectivity index (χ0n) is 8.38. The molecule has 68 valence electrons. The Morgan fingerprint density at radius 2 is 1.92 bits per heavy atom. The van der Waals surface area contributed by atoms with Crippen molar-refractivity contribution in [3.05, 3.63) is 11.7 Å². The Morgan fingerprint density at radius 1 is 1.33 bits per heavy atom. The van der Waals surface area contributed by atoms with E-state index in [4.69, 9.17) is 4.52 Å². The highest BCUT2D eigenvalue weighted by Crippen LogP contribution is 2.33. The van der Waals surface area contributed by atoms with Gasteiger partial charge in [0.15, 0.2) is 5.82 Å². The van der Waals surface area contributed by atoms with Crippen molar-refractivity contribution in [2.45, 2.75) is 40.5 Å². The normalized spacial score (nSPS) is 14.8. The average Bonchev–Trinajstić information content (AvgIpc) is 2.32. The van der Waals surface area contributed by atoms with Gasteiger partial charge in [-0.2, -0.15) is 4.98 Å². The SMILES string of the molecule is Cc1noc(C(C)C(C)(C)C)n1. The lowest BCUT2D eigenvalue weighted by molar-refractivity contribution is 0.262. The molecule has 0 radical (unpaired) electrons. The van der Waals surface area contributed by atoms with Gasteiger partial charge < -0.3 is 4.52 Å². The highest BCUT2D eigenvalue weighted by Gasteiger charge is 2.26. The fraction of sp³-hybridized carbons (Fsp3) is 0.778. The molecule has 0 N–H and O–H groups in total. The minimum Gasteiger partial charge on any atom is -0.339 e. The van der Waals surface area contributed by atoms with E-state index in [1.165, 1.54) is 0 Å². The number of rotatable bonds is 1. The van der Waals surface area contributed by atoms with Gasteiger partial charge in [0.25, 0.3) is 0 Å². The molecule has 1 unspecified atom stereocenters. The molecule has 0 spiro atoms. The van der Waals surface area contributed by atoms with Crippen molar-refractivity contribution in [1.29, 1.82) is 0 Å². The predicted octanol–water partition coefficient (Wildman–Crippen LogP) is 2.53. The molecule has 1 atom stereocenters. The molecule has 0 fully saturated rings. The third-order valence-corrected chi connectivity index (χ3v) is 2.21. The van der Waals surface area contributed by atoms with Crippen LogP contribution < -0.4 is 0 Å². The second-order valence-corrected chi connectivity index (χ2v) is 4.27. The van der Waals surface area contributed by atoms with Crippen LogP contribution >= 0.6 is 0 Å². The van der Waals surface area contributed by atoms with Crippen molar-refractivity contribution in [2.75, 3.05) is 0 Å². The van der Waals surface area contributed by atoms with Crippen molar-refractivity contribution in [3.8, 4) is 0 Å². The van der Waals surface area contributed by atoms with E-state index in [2.05, 4.69) is 37.8 Å². The summed E-state index contributed by atoms with van der Waals surface area (Å²) in [4.78, 5) is 4.20. The molecule has 3 heteroatoms. The molecule has 0 saturated heterocycles. The van der Waals surface area contributed by atoms with Crippen LogP contribution in [-0.2, 0) is 0 Å². The fourth-order valence-corrected chi connectivity index (χ4v) is 0.859. The summed E-state index contributed by atoms with van der Waals surface area (Å²) in [6, 6.07) is 0. The van der Waals surface area contributed by atoms with Crippen molar-refractivity contribution >= 4 is 0 Å². The molecule has 3 nitrogen and oxygen atoms in total. The Labute approximate surface area is 73.2 Å². The molecule has 0 aliphatic carbocycles. The number of hydrogen-bond acceptors (Lipinski definition) is 3. The van der Waals surface area contributed by atoms with Gasteiger partial charge in [-0.15, -0.1) is 0 Å². The van der Waals surface area contributed by atoms with Crippen LogP contribution in [0.25, 0.3) is 0 Å². The van der Waals surface area contributed by atoms with Gasteiger partial charge in [-0.3, -0.25) is 0 Å². The molecular formula is C9H16N2O. The van der Waals surface area contributed by atoms with Crippen molar-refractivity contribution < 1.29 is 4.52 Å².